The molecule has 0 spiro atoms. The van der Waals surface area contributed by atoms with Crippen molar-refractivity contribution in [2.75, 3.05) is 6.61 Å². The second kappa shape index (κ2) is 8.30. The molecule has 0 bridgehead atoms. The van der Waals surface area contributed by atoms with Crippen molar-refractivity contribution in [2.45, 2.75) is 30.2 Å². The molecule has 0 heterocycles. The predicted molar refractivity (Wildman–Crippen MR) is 103 cm³/mol. The third-order valence-corrected chi connectivity index (χ3v) is 5.90. The van der Waals surface area contributed by atoms with Crippen LogP contribution in [0.2, 0.25) is 5.02 Å². The number of esters is 1. The van der Waals surface area contributed by atoms with Gasteiger partial charge in [-0.1, -0.05) is 35.9 Å². The van der Waals surface area contributed by atoms with Crippen molar-refractivity contribution < 1.29 is 22.7 Å². The Kier molecular flexibility index (Phi) is 6.02. The number of carbonyl (C=O) groups excluding carboxylic acids is 2. The zero-order valence-corrected chi connectivity index (χ0v) is 16.4. The van der Waals surface area contributed by atoms with E-state index in [2.05, 4.69) is 5.32 Å². The molecule has 1 aliphatic rings. The van der Waals surface area contributed by atoms with Gasteiger partial charge in [0.15, 0.2) is 6.61 Å². The summed E-state index contributed by atoms with van der Waals surface area (Å²) in [5.74, 6) is -1.28. The first-order valence-corrected chi connectivity index (χ1v) is 10.5. The summed E-state index contributed by atoms with van der Waals surface area (Å²) in [6.45, 7) is -0.481. The normalized spacial score (nSPS) is 16.1. The summed E-state index contributed by atoms with van der Waals surface area (Å²) in [7, 11) is -4.09. The van der Waals surface area contributed by atoms with E-state index in [1.807, 2.05) is 24.3 Å². The summed E-state index contributed by atoms with van der Waals surface area (Å²) in [4.78, 5) is 24.0. The Morgan fingerprint density at radius 3 is 2.71 bits per heavy atom. The molecule has 9 heteroatoms. The van der Waals surface area contributed by atoms with E-state index >= 15 is 0 Å². The van der Waals surface area contributed by atoms with Crippen LogP contribution in [0.5, 0.6) is 0 Å². The number of aryl methyl sites for hydroxylation is 1. The highest BCUT2D eigenvalue weighted by molar-refractivity contribution is 7.89. The van der Waals surface area contributed by atoms with Crippen molar-refractivity contribution in [3.63, 3.8) is 0 Å². The second-order valence-electron chi connectivity index (χ2n) is 6.48. The summed E-state index contributed by atoms with van der Waals surface area (Å²) >= 11 is 5.79. The smallest absolute Gasteiger partial charge is 0.338 e. The van der Waals surface area contributed by atoms with E-state index < -0.39 is 28.5 Å². The molecule has 0 fully saturated rings. The molecule has 2 aromatic rings. The Balaban J connectivity index is 1.62. The van der Waals surface area contributed by atoms with E-state index in [1.54, 1.807) is 0 Å². The van der Waals surface area contributed by atoms with Gasteiger partial charge in [0.25, 0.3) is 5.91 Å². The molecule has 3 N–H and O–H groups in total. The zero-order valence-electron chi connectivity index (χ0n) is 14.9. The first-order chi connectivity index (χ1) is 13.3. The number of nitrogens with two attached hydrogens (primary N) is 1. The van der Waals surface area contributed by atoms with Gasteiger partial charge in [-0.05, 0) is 48.6 Å². The van der Waals surface area contributed by atoms with Gasteiger partial charge in [-0.25, -0.2) is 18.4 Å². The summed E-state index contributed by atoms with van der Waals surface area (Å²) in [5.41, 5.74) is 2.21. The van der Waals surface area contributed by atoms with E-state index in [1.165, 1.54) is 17.7 Å². The lowest BCUT2D eigenvalue weighted by Gasteiger charge is -2.26. The van der Waals surface area contributed by atoms with Gasteiger partial charge in [-0.15, -0.1) is 0 Å². The topological polar surface area (TPSA) is 116 Å². The first kappa shape index (κ1) is 20.3. The molecule has 0 saturated heterocycles. The molecule has 148 valence electrons. The minimum absolute atomic E-state index is 0.0655. The van der Waals surface area contributed by atoms with Crippen LogP contribution in [0.15, 0.2) is 47.4 Å². The average Bonchev–Trinajstić information content (AvgIpc) is 2.66. The molecular formula is C19H19ClN2O5S. The second-order valence-corrected chi connectivity index (χ2v) is 8.41. The molecule has 3 rings (SSSR count). The van der Waals surface area contributed by atoms with Crippen molar-refractivity contribution >= 4 is 33.5 Å². The highest BCUT2D eigenvalue weighted by atomic mass is 35.5. The highest BCUT2D eigenvalue weighted by Gasteiger charge is 2.22. The Hall–Kier alpha value is -2.42. The van der Waals surface area contributed by atoms with Crippen molar-refractivity contribution in [1.29, 1.82) is 0 Å². The quantitative estimate of drug-likeness (QED) is 0.717. The van der Waals surface area contributed by atoms with Gasteiger partial charge in [0, 0.05) is 0 Å². The lowest BCUT2D eigenvalue weighted by atomic mass is 9.88. The number of primary sulfonamides is 1. The van der Waals surface area contributed by atoms with Crippen molar-refractivity contribution in [3.8, 4) is 0 Å². The molecule has 1 unspecified atom stereocenters. The number of benzene rings is 2. The first-order valence-electron chi connectivity index (χ1n) is 8.62. The summed E-state index contributed by atoms with van der Waals surface area (Å²) in [5, 5.41) is 7.83. The van der Waals surface area contributed by atoms with Gasteiger partial charge in [-0.2, -0.15) is 0 Å². The molecule has 28 heavy (non-hydrogen) atoms. The minimum Gasteiger partial charge on any atom is -0.452 e. The maximum absolute atomic E-state index is 12.2. The number of hydrogen-bond acceptors (Lipinski definition) is 5. The van der Waals surface area contributed by atoms with Crippen LogP contribution in [0.4, 0.5) is 0 Å². The lowest BCUT2D eigenvalue weighted by Crippen LogP contribution is -2.34. The number of amides is 1. The van der Waals surface area contributed by atoms with Crippen LogP contribution in [0.25, 0.3) is 0 Å². The van der Waals surface area contributed by atoms with Crippen molar-refractivity contribution in [3.05, 3.63) is 64.2 Å². The van der Waals surface area contributed by atoms with Crippen LogP contribution >= 0.6 is 11.6 Å². The van der Waals surface area contributed by atoms with Crippen LogP contribution < -0.4 is 10.5 Å². The molecule has 0 radical (unpaired) electrons. The van der Waals surface area contributed by atoms with Gasteiger partial charge >= 0.3 is 5.97 Å². The largest absolute Gasteiger partial charge is 0.452 e. The standard InChI is InChI=1S/C19H19ClN2O5S/c20-15-9-8-13(10-17(15)28(21,25)26)19(24)27-11-18(23)22-16-7-3-5-12-4-1-2-6-14(12)16/h1-2,4,6,8-10,16H,3,5,7,11H2,(H,22,23)(H2,21,25,26). The van der Waals surface area contributed by atoms with Crippen LogP contribution in [0, 0.1) is 0 Å². The fraction of sp³-hybridized carbons (Fsp3) is 0.263. The van der Waals surface area contributed by atoms with Gasteiger partial charge in [0.05, 0.1) is 16.6 Å². The summed E-state index contributed by atoms with van der Waals surface area (Å²) < 4.78 is 28.0. The van der Waals surface area contributed by atoms with E-state index in [0.717, 1.165) is 30.9 Å². The van der Waals surface area contributed by atoms with Crippen molar-refractivity contribution in [2.24, 2.45) is 5.14 Å². The molecule has 2 aromatic carbocycles. The van der Waals surface area contributed by atoms with E-state index in [9.17, 15) is 18.0 Å². The Bertz CT molecular complexity index is 1020. The molecular weight excluding hydrogens is 404 g/mol. The maximum Gasteiger partial charge on any atom is 0.338 e. The average molecular weight is 423 g/mol. The van der Waals surface area contributed by atoms with Crippen LogP contribution in [-0.2, 0) is 26.0 Å². The summed E-state index contributed by atoms with van der Waals surface area (Å²) in [6, 6.07) is 11.3. The molecule has 1 atom stereocenters. The van der Waals surface area contributed by atoms with E-state index in [0.29, 0.717) is 0 Å². The van der Waals surface area contributed by atoms with E-state index in [4.69, 9.17) is 21.5 Å². The lowest BCUT2D eigenvalue weighted by molar-refractivity contribution is -0.125. The number of fused-ring (bicyclic) bond motifs is 1. The Morgan fingerprint density at radius 2 is 1.96 bits per heavy atom. The third-order valence-electron chi connectivity index (χ3n) is 4.51. The van der Waals surface area contributed by atoms with Gasteiger partial charge in [0.2, 0.25) is 10.0 Å². The van der Waals surface area contributed by atoms with Crippen LogP contribution in [-0.4, -0.2) is 26.9 Å². The van der Waals surface area contributed by atoms with E-state index in [-0.39, 0.29) is 21.5 Å². The molecule has 7 nitrogen and oxygen atoms in total. The van der Waals surface area contributed by atoms with Crippen LogP contribution in [0.1, 0.15) is 40.4 Å². The summed E-state index contributed by atoms with van der Waals surface area (Å²) in [6.07, 6.45) is 2.74. The fourth-order valence-corrected chi connectivity index (χ4v) is 4.27. The van der Waals surface area contributed by atoms with Gasteiger partial charge in [0.1, 0.15) is 4.90 Å². The zero-order chi connectivity index (χ0) is 20.3. The number of ether oxygens (including phenoxy) is 1. The SMILES string of the molecule is NS(=O)(=O)c1cc(C(=O)OCC(=O)NC2CCCc3ccccc32)ccc1Cl. The number of carbonyl (C=O) groups is 2. The van der Waals surface area contributed by atoms with Crippen LogP contribution in [0.3, 0.4) is 0 Å². The monoisotopic (exact) mass is 422 g/mol. The number of hydrogen-bond donors (Lipinski definition) is 2. The molecule has 0 aliphatic heterocycles. The highest BCUT2D eigenvalue weighted by Crippen LogP contribution is 2.29. The molecule has 0 aromatic heterocycles. The fourth-order valence-electron chi connectivity index (χ4n) is 3.20. The molecule has 1 aliphatic carbocycles. The number of halogens is 1. The Labute approximate surface area is 167 Å². The molecule has 0 saturated carbocycles. The minimum atomic E-state index is -4.09. The number of nitrogens with one attached hydrogen (secondary N) is 1. The Morgan fingerprint density at radius 1 is 1.21 bits per heavy atom. The predicted octanol–water partition coefficient (Wildman–Crippen LogP) is 2.34. The number of sulfonamides is 1. The number of rotatable bonds is 5. The molecule has 1 amide bonds. The third kappa shape index (κ3) is 4.70. The van der Waals surface area contributed by atoms with Gasteiger partial charge in [-0.3, -0.25) is 4.79 Å². The van der Waals surface area contributed by atoms with Gasteiger partial charge < -0.3 is 10.1 Å². The maximum atomic E-state index is 12.2. The van der Waals surface area contributed by atoms with Crippen molar-refractivity contribution in [1.82, 2.24) is 5.32 Å².